The van der Waals surface area contributed by atoms with Gasteiger partial charge in [0.2, 0.25) is 0 Å². The van der Waals surface area contributed by atoms with Crippen molar-refractivity contribution in [1.82, 2.24) is 4.57 Å². The Morgan fingerprint density at radius 1 is 1.19 bits per heavy atom. The molecular weight excluding hydrogens is 574 g/mol. The van der Waals surface area contributed by atoms with Crippen molar-refractivity contribution in [2.45, 2.75) is 39.8 Å². The highest BCUT2D eigenvalue weighted by atomic mass is 32.1. The topological polar surface area (TPSA) is 135 Å². The molecule has 12 heteroatoms. The van der Waals surface area contributed by atoms with E-state index in [4.69, 9.17) is 18.6 Å². The zero-order chi connectivity index (χ0) is 30.8. The lowest BCUT2D eigenvalue weighted by Crippen LogP contribution is -2.40. The van der Waals surface area contributed by atoms with E-state index in [2.05, 4.69) is 4.99 Å². The number of carbonyl (C=O) groups excluding carboxylic acids is 1. The lowest BCUT2D eigenvalue weighted by atomic mass is 9.95. The Balaban J connectivity index is 1.63. The average Bonchev–Trinajstić information content (AvgIpc) is 3.56. The number of nitro groups is 1. The molecule has 0 spiro atoms. The van der Waals surface area contributed by atoms with E-state index in [1.165, 1.54) is 23.8 Å². The zero-order valence-corrected chi connectivity index (χ0v) is 25.0. The molecule has 5 rings (SSSR count). The molecule has 11 nitrogen and oxygen atoms in total. The van der Waals surface area contributed by atoms with E-state index >= 15 is 0 Å². The number of nitrogens with zero attached hydrogens (tertiary/aromatic N) is 3. The Hall–Kier alpha value is -4.97. The van der Waals surface area contributed by atoms with E-state index in [1.54, 1.807) is 62.4 Å². The molecule has 0 fully saturated rings. The molecule has 0 N–H and O–H groups in total. The van der Waals surface area contributed by atoms with Crippen LogP contribution in [0, 0.1) is 10.1 Å². The Morgan fingerprint density at radius 2 is 1.98 bits per heavy atom. The molecule has 2 aromatic heterocycles. The van der Waals surface area contributed by atoms with Gasteiger partial charge in [0.25, 0.3) is 11.2 Å². The van der Waals surface area contributed by atoms with Gasteiger partial charge in [0, 0.05) is 23.8 Å². The lowest BCUT2D eigenvalue weighted by Gasteiger charge is -2.25. The summed E-state index contributed by atoms with van der Waals surface area (Å²) in [6.45, 7) is 7.39. The predicted octanol–water partition coefficient (Wildman–Crippen LogP) is 4.76. The van der Waals surface area contributed by atoms with Crippen molar-refractivity contribution in [2.24, 2.45) is 4.99 Å². The van der Waals surface area contributed by atoms with E-state index in [-0.39, 0.29) is 29.5 Å². The Labute approximate surface area is 250 Å². The summed E-state index contributed by atoms with van der Waals surface area (Å²) in [5.74, 6) is 1.20. The van der Waals surface area contributed by atoms with Crippen LogP contribution in [-0.2, 0) is 9.53 Å². The summed E-state index contributed by atoms with van der Waals surface area (Å²) >= 11 is 1.16. The van der Waals surface area contributed by atoms with E-state index in [9.17, 15) is 19.7 Å². The third-order valence-corrected chi connectivity index (χ3v) is 7.61. The van der Waals surface area contributed by atoms with Crippen LogP contribution in [0.4, 0.5) is 5.69 Å². The molecule has 0 amide bonds. The predicted molar refractivity (Wildman–Crippen MR) is 160 cm³/mol. The van der Waals surface area contributed by atoms with E-state index in [0.717, 1.165) is 11.3 Å². The van der Waals surface area contributed by atoms with Crippen LogP contribution in [0.1, 0.15) is 45.1 Å². The fraction of sp³-hybridized carbons (Fsp3) is 0.258. The number of aromatic nitrogens is 1. The van der Waals surface area contributed by atoms with Gasteiger partial charge in [-0.05, 0) is 57.5 Å². The van der Waals surface area contributed by atoms with Crippen LogP contribution >= 0.6 is 11.3 Å². The number of furan rings is 1. The fourth-order valence-corrected chi connectivity index (χ4v) is 5.83. The minimum Gasteiger partial charge on any atom is -0.493 e. The number of fused-ring (bicyclic) bond motifs is 1. The van der Waals surface area contributed by atoms with Crippen LogP contribution in [0.25, 0.3) is 17.4 Å². The monoisotopic (exact) mass is 603 g/mol. The highest BCUT2D eigenvalue weighted by Gasteiger charge is 2.34. The largest absolute Gasteiger partial charge is 0.493 e. The van der Waals surface area contributed by atoms with Crippen LogP contribution in [0.3, 0.4) is 0 Å². The van der Waals surface area contributed by atoms with Gasteiger partial charge < -0.3 is 18.6 Å². The molecule has 0 radical (unpaired) electrons. The number of benzene rings is 2. The third-order valence-electron chi connectivity index (χ3n) is 6.62. The van der Waals surface area contributed by atoms with Gasteiger partial charge >= 0.3 is 5.97 Å². The molecule has 0 bridgehead atoms. The van der Waals surface area contributed by atoms with Crippen molar-refractivity contribution in [1.29, 1.82) is 0 Å². The molecule has 1 unspecified atom stereocenters. The molecule has 2 aromatic carbocycles. The number of hydrogen-bond acceptors (Lipinski definition) is 10. The van der Waals surface area contributed by atoms with Crippen molar-refractivity contribution in [3.05, 3.63) is 107 Å². The van der Waals surface area contributed by atoms with E-state index in [1.807, 2.05) is 13.8 Å². The summed E-state index contributed by atoms with van der Waals surface area (Å²) in [5, 5.41) is 11.2. The SMILES string of the molecule is CCOC(=O)C1=C(C)N=c2sc(=Cc3ccc(-c4cccc([N+](=O)[O-])c4)o3)c(=O)n2C1c1ccc(OC(C)C)c(OC)c1. The quantitative estimate of drug-likeness (QED) is 0.152. The zero-order valence-electron chi connectivity index (χ0n) is 24.2. The minimum absolute atomic E-state index is 0.0584. The van der Waals surface area contributed by atoms with Gasteiger partial charge in [-0.15, -0.1) is 0 Å². The summed E-state index contributed by atoms with van der Waals surface area (Å²) in [5.41, 5.74) is 1.39. The first-order chi connectivity index (χ1) is 20.6. The van der Waals surface area contributed by atoms with Gasteiger partial charge in [0.05, 0.1) is 46.6 Å². The molecule has 0 aliphatic carbocycles. The number of non-ortho nitro benzene ring substituents is 1. The second-order valence-electron chi connectivity index (χ2n) is 9.89. The van der Waals surface area contributed by atoms with Gasteiger partial charge in [-0.1, -0.05) is 29.5 Å². The number of carbonyl (C=O) groups is 1. The van der Waals surface area contributed by atoms with Crippen molar-refractivity contribution in [3.8, 4) is 22.8 Å². The number of hydrogen-bond donors (Lipinski definition) is 0. The minimum atomic E-state index is -0.837. The second-order valence-corrected chi connectivity index (χ2v) is 10.9. The number of allylic oxidation sites excluding steroid dienone is 1. The molecule has 0 saturated heterocycles. The standard InChI is InChI=1S/C31H29N3O8S/c1-6-40-30(36)27-18(4)32-31-33(28(27)20-10-12-24(41-17(2)3)25(15-20)39-5)29(35)26(43-31)16-22-11-13-23(42-22)19-8-7-9-21(14-19)34(37)38/h7-17,28H,6H2,1-5H3. The first-order valence-corrected chi connectivity index (χ1v) is 14.3. The number of thiazole rings is 1. The molecule has 1 aliphatic rings. The van der Waals surface area contributed by atoms with Gasteiger partial charge in [0.1, 0.15) is 11.5 Å². The first kappa shape index (κ1) is 29.5. The van der Waals surface area contributed by atoms with Crippen molar-refractivity contribution < 1.29 is 28.3 Å². The van der Waals surface area contributed by atoms with Crippen LogP contribution in [0.5, 0.6) is 11.5 Å². The molecule has 4 aromatic rings. The summed E-state index contributed by atoms with van der Waals surface area (Å²) < 4.78 is 24.6. The maximum atomic E-state index is 13.9. The number of nitro benzene ring substituents is 1. The second kappa shape index (κ2) is 12.1. The maximum absolute atomic E-state index is 13.9. The maximum Gasteiger partial charge on any atom is 0.338 e. The number of rotatable bonds is 9. The lowest BCUT2D eigenvalue weighted by molar-refractivity contribution is -0.384. The van der Waals surface area contributed by atoms with E-state index in [0.29, 0.717) is 49.2 Å². The summed E-state index contributed by atoms with van der Waals surface area (Å²) in [6, 6.07) is 13.9. The molecule has 1 atom stereocenters. The number of methoxy groups -OCH3 is 1. The Bertz CT molecular complexity index is 1930. The average molecular weight is 604 g/mol. The van der Waals surface area contributed by atoms with Gasteiger partial charge in [-0.2, -0.15) is 0 Å². The molecule has 0 saturated carbocycles. The molecule has 43 heavy (non-hydrogen) atoms. The van der Waals surface area contributed by atoms with Crippen molar-refractivity contribution in [3.63, 3.8) is 0 Å². The molecule has 1 aliphatic heterocycles. The number of esters is 1. The van der Waals surface area contributed by atoms with Crippen LogP contribution in [-0.4, -0.2) is 35.3 Å². The van der Waals surface area contributed by atoms with Crippen molar-refractivity contribution in [2.75, 3.05) is 13.7 Å². The summed E-state index contributed by atoms with van der Waals surface area (Å²) in [7, 11) is 1.52. The normalized spacial score (nSPS) is 14.8. The van der Waals surface area contributed by atoms with Crippen LogP contribution in [0.15, 0.2) is 80.1 Å². The fourth-order valence-electron chi connectivity index (χ4n) is 4.80. The van der Waals surface area contributed by atoms with Gasteiger partial charge in [-0.25, -0.2) is 9.79 Å². The highest BCUT2D eigenvalue weighted by molar-refractivity contribution is 7.07. The molecule has 222 valence electrons. The molecular formula is C31H29N3O8S. The Morgan fingerprint density at radius 3 is 2.67 bits per heavy atom. The Kier molecular flexibility index (Phi) is 8.31. The van der Waals surface area contributed by atoms with Crippen LogP contribution in [0.2, 0.25) is 0 Å². The summed E-state index contributed by atoms with van der Waals surface area (Å²) in [4.78, 5) is 42.9. The van der Waals surface area contributed by atoms with Gasteiger partial charge in [0.15, 0.2) is 16.3 Å². The van der Waals surface area contributed by atoms with Crippen LogP contribution < -0.4 is 24.4 Å². The van der Waals surface area contributed by atoms with Gasteiger partial charge in [-0.3, -0.25) is 19.5 Å². The van der Waals surface area contributed by atoms with Crippen molar-refractivity contribution >= 4 is 29.1 Å². The third kappa shape index (κ3) is 5.86. The first-order valence-electron chi connectivity index (χ1n) is 13.5. The highest BCUT2D eigenvalue weighted by Crippen LogP contribution is 2.36. The summed E-state index contributed by atoms with van der Waals surface area (Å²) in [6.07, 6.45) is 1.50. The van der Waals surface area contributed by atoms with E-state index < -0.39 is 16.9 Å². The number of ether oxygens (including phenoxy) is 3. The smallest absolute Gasteiger partial charge is 0.338 e. The molecule has 3 heterocycles.